The predicted molar refractivity (Wildman–Crippen MR) is 95.8 cm³/mol. The third-order valence-electron chi connectivity index (χ3n) is 4.39. The first kappa shape index (κ1) is 16.2. The fourth-order valence-electron chi connectivity index (χ4n) is 2.77. The number of carbonyl (C=O) groups is 1. The molecule has 0 radical (unpaired) electrons. The second-order valence-electron chi connectivity index (χ2n) is 6.24. The number of nitrogens with one attached hydrogen (secondary N) is 1. The smallest absolute Gasteiger partial charge is 0.229 e. The Hall–Kier alpha value is -2.63. The summed E-state index contributed by atoms with van der Waals surface area (Å²) in [4.78, 5) is 24.0. The molecule has 1 fully saturated rings. The maximum atomic E-state index is 10.8. The average molecular weight is 325 g/mol. The second kappa shape index (κ2) is 6.86. The standard InChI is InChI=1S/C18H23N5O/c1-13-4-5-16(10-14(13)2)20-18-19-15(3)11-17(21-18)23-8-6-22(12-24)7-9-23/h4-5,10-12H,6-9H2,1-3H3,(H,19,20,21). The van der Waals surface area contributed by atoms with E-state index in [0.717, 1.165) is 49.8 Å². The number of anilines is 3. The summed E-state index contributed by atoms with van der Waals surface area (Å²) >= 11 is 0. The zero-order valence-electron chi connectivity index (χ0n) is 14.4. The summed E-state index contributed by atoms with van der Waals surface area (Å²) in [5.74, 6) is 1.51. The molecule has 0 spiro atoms. The Morgan fingerprint density at radius 1 is 1.00 bits per heavy atom. The minimum absolute atomic E-state index is 0.603. The van der Waals surface area contributed by atoms with E-state index in [2.05, 4.69) is 46.2 Å². The summed E-state index contributed by atoms with van der Waals surface area (Å²) in [6, 6.07) is 8.22. The lowest BCUT2D eigenvalue weighted by Crippen LogP contribution is -2.46. The SMILES string of the molecule is Cc1cc(N2CCN(C=O)CC2)nc(Nc2ccc(C)c(C)c2)n1. The highest BCUT2D eigenvalue weighted by Gasteiger charge is 2.17. The highest BCUT2D eigenvalue weighted by Crippen LogP contribution is 2.21. The Kier molecular flexibility index (Phi) is 4.64. The molecular formula is C18H23N5O. The molecule has 1 aliphatic rings. The fourth-order valence-corrected chi connectivity index (χ4v) is 2.77. The van der Waals surface area contributed by atoms with E-state index in [9.17, 15) is 4.79 Å². The van der Waals surface area contributed by atoms with Gasteiger partial charge in [-0.2, -0.15) is 4.98 Å². The number of carbonyl (C=O) groups excluding carboxylic acids is 1. The lowest BCUT2D eigenvalue weighted by Gasteiger charge is -2.33. The van der Waals surface area contributed by atoms with Crippen molar-refractivity contribution >= 4 is 23.9 Å². The molecule has 0 atom stereocenters. The number of amides is 1. The van der Waals surface area contributed by atoms with Crippen LogP contribution in [0.4, 0.5) is 17.5 Å². The molecule has 126 valence electrons. The molecule has 2 aromatic rings. The molecule has 0 bridgehead atoms. The minimum Gasteiger partial charge on any atom is -0.353 e. The summed E-state index contributed by atoms with van der Waals surface area (Å²) in [5, 5.41) is 3.30. The Bertz CT molecular complexity index is 738. The van der Waals surface area contributed by atoms with Gasteiger partial charge in [0.1, 0.15) is 5.82 Å². The molecule has 24 heavy (non-hydrogen) atoms. The van der Waals surface area contributed by atoms with Crippen molar-refractivity contribution in [1.82, 2.24) is 14.9 Å². The van der Waals surface area contributed by atoms with Crippen LogP contribution < -0.4 is 10.2 Å². The van der Waals surface area contributed by atoms with Crippen molar-refractivity contribution in [1.29, 1.82) is 0 Å². The van der Waals surface area contributed by atoms with E-state index in [-0.39, 0.29) is 0 Å². The molecule has 0 saturated carbocycles. The van der Waals surface area contributed by atoms with Crippen molar-refractivity contribution in [3.63, 3.8) is 0 Å². The molecule has 0 aliphatic carbocycles. The van der Waals surface area contributed by atoms with E-state index >= 15 is 0 Å². The van der Waals surface area contributed by atoms with Gasteiger partial charge in [-0.05, 0) is 44.0 Å². The van der Waals surface area contributed by atoms with Gasteiger partial charge in [0.2, 0.25) is 12.4 Å². The average Bonchev–Trinajstić information content (AvgIpc) is 2.58. The van der Waals surface area contributed by atoms with Gasteiger partial charge < -0.3 is 15.1 Å². The summed E-state index contributed by atoms with van der Waals surface area (Å²) in [6.07, 6.45) is 0.912. The normalized spacial score (nSPS) is 14.6. The van der Waals surface area contributed by atoms with Gasteiger partial charge in [0, 0.05) is 43.6 Å². The van der Waals surface area contributed by atoms with Gasteiger partial charge in [-0.1, -0.05) is 6.07 Å². The quantitative estimate of drug-likeness (QED) is 0.875. The molecule has 1 amide bonds. The number of aromatic nitrogens is 2. The van der Waals surface area contributed by atoms with Gasteiger partial charge in [0.05, 0.1) is 0 Å². The monoisotopic (exact) mass is 325 g/mol. The molecule has 1 saturated heterocycles. The van der Waals surface area contributed by atoms with Crippen LogP contribution in [0.3, 0.4) is 0 Å². The van der Waals surface area contributed by atoms with Crippen LogP contribution in [0.5, 0.6) is 0 Å². The number of aryl methyl sites for hydroxylation is 3. The van der Waals surface area contributed by atoms with Gasteiger partial charge >= 0.3 is 0 Å². The van der Waals surface area contributed by atoms with Gasteiger partial charge in [-0.15, -0.1) is 0 Å². The van der Waals surface area contributed by atoms with Gasteiger partial charge in [-0.3, -0.25) is 4.79 Å². The molecule has 3 rings (SSSR count). The molecule has 1 N–H and O–H groups in total. The summed E-state index contributed by atoms with van der Waals surface area (Å²) in [7, 11) is 0. The lowest BCUT2D eigenvalue weighted by molar-refractivity contribution is -0.118. The van der Waals surface area contributed by atoms with Gasteiger partial charge in [-0.25, -0.2) is 4.98 Å². The summed E-state index contributed by atoms with van der Waals surface area (Å²) in [5.41, 5.74) is 4.40. The van der Waals surface area contributed by atoms with Crippen LogP contribution in [0.1, 0.15) is 16.8 Å². The minimum atomic E-state index is 0.603. The van der Waals surface area contributed by atoms with E-state index < -0.39 is 0 Å². The van der Waals surface area contributed by atoms with Crippen molar-refractivity contribution in [3.05, 3.63) is 41.1 Å². The van der Waals surface area contributed by atoms with Crippen LogP contribution in [0, 0.1) is 20.8 Å². The Labute approximate surface area is 142 Å². The summed E-state index contributed by atoms with van der Waals surface area (Å²) < 4.78 is 0. The van der Waals surface area contributed by atoms with Crippen molar-refractivity contribution in [2.75, 3.05) is 36.4 Å². The Morgan fingerprint density at radius 3 is 2.42 bits per heavy atom. The van der Waals surface area contributed by atoms with E-state index in [1.165, 1.54) is 11.1 Å². The summed E-state index contributed by atoms with van der Waals surface area (Å²) in [6.45, 7) is 9.20. The predicted octanol–water partition coefficient (Wildman–Crippen LogP) is 2.42. The molecule has 1 aromatic heterocycles. The van der Waals surface area contributed by atoms with Crippen molar-refractivity contribution in [2.45, 2.75) is 20.8 Å². The molecule has 1 aliphatic heterocycles. The molecule has 2 heterocycles. The van der Waals surface area contributed by atoms with Crippen molar-refractivity contribution in [2.24, 2.45) is 0 Å². The third kappa shape index (κ3) is 3.64. The first-order chi connectivity index (χ1) is 11.5. The lowest BCUT2D eigenvalue weighted by atomic mass is 10.1. The highest BCUT2D eigenvalue weighted by atomic mass is 16.1. The third-order valence-corrected chi connectivity index (χ3v) is 4.39. The maximum absolute atomic E-state index is 10.8. The maximum Gasteiger partial charge on any atom is 0.229 e. The highest BCUT2D eigenvalue weighted by molar-refractivity contribution is 5.58. The van der Waals surface area contributed by atoms with Crippen molar-refractivity contribution < 1.29 is 4.79 Å². The van der Waals surface area contributed by atoms with Crippen LogP contribution >= 0.6 is 0 Å². The van der Waals surface area contributed by atoms with Gasteiger partial charge in [0.15, 0.2) is 0 Å². The number of hydrogen-bond donors (Lipinski definition) is 1. The van der Waals surface area contributed by atoms with Crippen LogP contribution in [0.25, 0.3) is 0 Å². The second-order valence-corrected chi connectivity index (χ2v) is 6.24. The van der Waals surface area contributed by atoms with Gasteiger partial charge in [0.25, 0.3) is 0 Å². The zero-order chi connectivity index (χ0) is 17.1. The Balaban J connectivity index is 1.78. The van der Waals surface area contributed by atoms with E-state index in [0.29, 0.717) is 5.95 Å². The molecular weight excluding hydrogens is 302 g/mol. The van der Waals surface area contributed by atoms with E-state index in [1.807, 2.05) is 19.1 Å². The topological polar surface area (TPSA) is 61.4 Å². The van der Waals surface area contributed by atoms with Crippen LogP contribution in [0.2, 0.25) is 0 Å². The largest absolute Gasteiger partial charge is 0.353 e. The number of rotatable bonds is 4. The van der Waals surface area contributed by atoms with Crippen LogP contribution in [0.15, 0.2) is 24.3 Å². The molecule has 6 nitrogen and oxygen atoms in total. The first-order valence-corrected chi connectivity index (χ1v) is 8.19. The van der Waals surface area contributed by atoms with Crippen molar-refractivity contribution in [3.8, 4) is 0 Å². The fraction of sp³-hybridized carbons (Fsp3) is 0.389. The number of benzene rings is 1. The molecule has 1 aromatic carbocycles. The van der Waals surface area contributed by atoms with Crippen LogP contribution in [-0.4, -0.2) is 47.5 Å². The zero-order valence-corrected chi connectivity index (χ0v) is 14.4. The van der Waals surface area contributed by atoms with E-state index in [4.69, 9.17) is 0 Å². The Morgan fingerprint density at radius 2 is 1.75 bits per heavy atom. The first-order valence-electron chi connectivity index (χ1n) is 8.19. The van der Waals surface area contributed by atoms with E-state index in [1.54, 1.807) is 4.90 Å². The van der Waals surface area contributed by atoms with Crippen LogP contribution in [-0.2, 0) is 4.79 Å². The number of nitrogens with zero attached hydrogens (tertiary/aromatic N) is 4. The number of hydrogen-bond acceptors (Lipinski definition) is 5. The molecule has 6 heteroatoms. The molecule has 0 unspecified atom stereocenters. The number of piperazine rings is 1.